The number of amides is 2. The lowest BCUT2D eigenvalue weighted by atomic mass is 10.2. The van der Waals surface area contributed by atoms with E-state index in [1.165, 1.54) is 37.3 Å². The predicted molar refractivity (Wildman–Crippen MR) is 96.5 cm³/mol. The van der Waals surface area contributed by atoms with Crippen molar-refractivity contribution in [3.63, 3.8) is 0 Å². The molecular weight excluding hydrogens is 366 g/mol. The second-order valence-electron chi connectivity index (χ2n) is 5.15. The number of hydrogen-bond acceptors (Lipinski definition) is 3. The summed E-state index contributed by atoms with van der Waals surface area (Å²) in [6.07, 6.45) is 2.81. The molecule has 0 unspecified atom stereocenters. The van der Waals surface area contributed by atoms with Crippen molar-refractivity contribution < 1.29 is 23.1 Å². The number of carbonyl (C=O) groups is 2. The molecule has 0 spiro atoms. The van der Waals surface area contributed by atoms with Crippen LogP contribution in [0.3, 0.4) is 0 Å². The first-order chi connectivity index (χ1) is 12.3. The average molecular weight is 381 g/mol. The monoisotopic (exact) mass is 380 g/mol. The van der Waals surface area contributed by atoms with Crippen molar-refractivity contribution in [1.82, 2.24) is 0 Å². The van der Waals surface area contributed by atoms with E-state index in [-0.39, 0.29) is 11.7 Å². The Bertz CT molecular complexity index is 824. The number of nitrogens with one attached hydrogen (secondary N) is 2. The van der Waals surface area contributed by atoms with Crippen molar-refractivity contribution in [2.45, 2.75) is 13.5 Å². The fourth-order valence-electron chi connectivity index (χ4n) is 2.00. The Kier molecular flexibility index (Phi) is 6.68. The summed E-state index contributed by atoms with van der Waals surface area (Å²) < 4.78 is 28.4. The second-order valence-corrected chi connectivity index (χ2v) is 5.55. The van der Waals surface area contributed by atoms with Gasteiger partial charge in [-0.15, -0.1) is 0 Å². The maximum atomic E-state index is 12.1. The van der Waals surface area contributed by atoms with Crippen LogP contribution in [0, 0.1) is 0 Å². The van der Waals surface area contributed by atoms with Crippen LogP contribution < -0.4 is 15.4 Å². The van der Waals surface area contributed by atoms with Crippen molar-refractivity contribution in [3.8, 4) is 5.75 Å². The highest BCUT2D eigenvalue weighted by Crippen LogP contribution is 2.25. The molecule has 2 amide bonds. The average Bonchev–Trinajstić information content (AvgIpc) is 2.56. The molecule has 0 aromatic heterocycles. The molecule has 0 aliphatic heterocycles. The van der Waals surface area contributed by atoms with E-state index in [0.717, 1.165) is 0 Å². The maximum Gasteiger partial charge on any atom is 0.387 e. The van der Waals surface area contributed by atoms with Crippen LogP contribution in [0.2, 0.25) is 5.02 Å². The minimum Gasteiger partial charge on any atom is -0.435 e. The van der Waals surface area contributed by atoms with E-state index < -0.39 is 12.5 Å². The van der Waals surface area contributed by atoms with Crippen LogP contribution in [0.5, 0.6) is 5.75 Å². The van der Waals surface area contributed by atoms with Gasteiger partial charge in [-0.25, -0.2) is 0 Å². The van der Waals surface area contributed by atoms with Crippen molar-refractivity contribution in [2.24, 2.45) is 0 Å². The fourth-order valence-corrected chi connectivity index (χ4v) is 2.17. The third kappa shape index (κ3) is 6.18. The predicted octanol–water partition coefficient (Wildman–Crippen LogP) is 4.55. The Morgan fingerprint density at radius 3 is 2.42 bits per heavy atom. The van der Waals surface area contributed by atoms with Gasteiger partial charge in [0.25, 0.3) is 0 Å². The van der Waals surface area contributed by atoms with E-state index in [1.54, 1.807) is 24.3 Å². The number of carbonyl (C=O) groups excluding carboxylic acids is 2. The van der Waals surface area contributed by atoms with Crippen LogP contribution in [0.4, 0.5) is 20.2 Å². The number of benzene rings is 2. The molecule has 0 fully saturated rings. The van der Waals surface area contributed by atoms with Crippen LogP contribution in [0.25, 0.3) is 6.08 Å². The van der Waals surface area contributed by atoms with Crippen molar-refractivity contribution in [1.29, 1.82) is 0 Å². The zero-order valence-corrected chi connectivity index (χ0v) is 14.4. The van der Waals surface area contributed by atoms with E-state index in [1.807, 2.05) is 0 Å². The summed E-state index contributed by atoms with van der Waals surface area (Å²) >= 11 is 5.96. The summed E-state index contributed by atoms with van der Waals surface area (Å²) in [6.45, 7) is -1.54. The summed E-state index contributed by atoms with van der Waals surface area (Å²) in [6, 6.07) is 10.5. The lowest BCUT2D eigenvalue weighted by Crippen LogP contribution is -2.10. The Balaban J connectivity index is 1.99. The molecule has 2 aromatic carbocycles. The van der Waals surface area contributed by atoms with Gasteiger partial charge in [0.05, 0.1) is 10.7 Å². The van der Waals surface area contributed by atoms with Gasteiger partial charge >= 0.3 is 6.61 Å². The van der Waals surface area contributed by atoms with Gasteiger partial charge in [-0.2, -0.15) is 8.78 Å². The van der Waals surface area contributed by atoms with Crippen LogP contribution in [0.1, 0.15) is 12.5 Å². The third-order valence-corrected chi connectivity index (χ3v) is 3.41. The number of rotatable bonds is 6. The second kappa shape index (κ2) is 8.96. The van der Waals surface area contributed by atoms with Gasteiger partial charge in [0.1, 0.15) is 5.75 Å². The van der Waals surface area contributed by atoms with Crippen LogP contribution >= 0.6 is 11.6 Å². The number of alkyl halides is 2. The molecule has 2 aromatic rings. The van der Waals surface area contributed by atoms with Gasteiger partial charge in [-0.3, -0.25) is 9.59 Å². The van der Waals surface area contributed by atoms with E-state index in [4.69, 9.17) is 11.6 Å². The Morgan fingerprint density at radius 2 is 1.81 bits per heavy atom. The molecule has 8 heteroatoms. The topological polar surface area (TPSA) is 67.4 Å². The Hall–Kier alpha value is -2.93. The molecular formula is C18H15ClF2N2O3. The minimum absolute atomic E-state index is 0.0354. The van der Waals surface area contributed by atoms with E-state index in [9.17, 15) is 18.4 Å². The van der Waals surface area contributed by atoms with E-state index in [0.29, 0.717) is 22.0 Å². The standard InChI is InChI=1S/C18H15ClF2N2O3/c1-11(24)22-16-10-13(5-8-15(16)19)23-17(25)9-4-12-2-6-14(7-3-12)26-18(20)21/h2-10,18H,1H3,(H,22,24)(H,23,25). The molecule has 0 saturated heterocycles. The lowest BCUT2D eigenvalue weighted by molar-refractivity contribution is -0.114. The number of anilines is 2. The van der Waals surface area contributed by atoms with Gasteiger partial charge < -0.3 is 15.4 Å². The molecule has 0 aliphatic rings. The summed E-state index contributed by atoms with van der Waals surface area (Å²) in [4.78, 5) is 23.1. The number of halogens is 3. The minimum atomic E-state index is -2.89. The Morgan fingerprint density at radius 1 is 1.12 bits per heavy atom. The summed E-state index contributed by atoms with van der Waals surface area (Å²) in [5, 5.41) is 5.54. The zero-order valence-electron chi connectivity index (χ0n) is 13.6. The number of hydrogen-bond donors (Lipinski definition) is 2. The molecule has 5 nitrogen and oxygen atoms in total. The molecule has 0 atom stereocenters. The van der Waals surface area contributed by atoms with E-state index >= 15 is 0 Å². The van der Waals surface area contributed by atoms with Crippen molar-refractivity contribution >= 4 is 40.9 Å². The van der Waals surface area contributed by atoms with Gasteiger partial charge in [0, 0.05) is 18.7 Å². The SMILES string of the molecule is CC(=O)Nc1cc(NC(=O)C=Cc2ccc(OC(F)F)cc2)ccc1Cl. The van der Waals surface area contributed by atoms with Gasteiger partial charge in [0.2, 0.25) is 11.8 Å². The molecule has 26 heavy (non-hydrogen) atoms. The summed E-state index contributed by atoms with van der Waals surface area (Å²) in [7, 11) is 0. The molecule has 2 N–H and O–H groups in total. The van der Waals surface area contributed by atoms with Gasteiger partial charge in [-0.05, 0) is 42.0 Å². The van der Waals surface area contributed by atoms with Crippen molar-refractivity contribution in [2.75, 3.05) is 10.6 Å². The highest BCUT2D eigenvalue weighted by molar-refractivity contribution is 6.33. The first kappa shape index (κ1) is 19.4. The first-order valence-corrected chi connectivity index (χ1v) is 7.82. The lowest BCUT2D eigenvalue weighted by Gasteiger charge is -2.08. The highest BCUT2D eigenvalue weighted by Gasteiger charge is 2.06. The molecule has 136 valence electrons. The van der Waals surface area contributed by atoms with Crippen LogP contribution in [-0.4, -0.2) is 18.4 Å². The maximum absolute atomic E-state index is 12.1. The third-order valence-electron chi connectivity index (χ3n) is 3.08. The first-order valence-electron chi connectivity index (χ1n) is 7.44. The smallest absolute Gasteiger partial charge is 0.387 e. The van der Waals surface area contributed by atoms with Gasteiger partial charge in [0.15, 0.2) is 0 Å². The fraction of sp³-hybridized carbons (Fsp3) is 0.111. The Labute approximate surface area is 153 Å². The van der Waals surface area contributed by atoms with Gasteiger partial charge in [-0.1, -0.05) is 23.7 Å². The van der Waals surface area contributed by atoms with E-state index in [2.05, 4.69) is 15.4 Å². The van der Waals surface area contributed by atoms with Crippen molar-refractivity contribution in [3.05, 3.63) is 59.1 Å². The molecule has 2 rings (SSSR count). The molecule has 0 aliphatic carbocycles. The quantitative estimate of drug-likeness (QED) is 0.722. The summed E-state index contributed by atoms with van der Waals surface area (Å²) in [5.41, 5.74) is 1.47. The normalized spacial score (nSPS) is 10.8. The summed E-state index contributed by atoms with van der Waals surface area (Å²) in [5.74, 6) is -0.656. The molecule has 0 saturated carbocycles. The molecule has 0 bridgehead atoms. The van der Waals surface area contributed by atoms with Crippen LogP contribution in [0.15, 0.2) is 48.5 Å². The highest BCUT2D eigenvalue weighted by atomic mass is 35.5. The largest absolute Gasteiger partial charge is 0.435 e. The molecule has 0 radical (unpaired) electrons. The molecule has 0 heterocycles. The van der Waals surface area contributed by atoms with Crippen LogP contribution in [-0.2, 0) is 9.59 Å². The zero-order chi connectivity index (χ0) is 19.1. The number of ether oxygens (including phenoxy) is 1.